The van der Waals surface area contributed by atoms with E-state index in [4.69, 9.17) is 15.0 Å². The average Bonchev–Trinajstić information content (AvgIpc) is 3.29. The fraction of sp³-hybridized carbons (Fsp3) is 0.316. The van der Waals surface area contributed by atoms with Crippen LogP contribution in [0.25, 0.3) is 0 Å². The van der Waals surface area contributed by atoms with Crippen molar-refractivity contribution in [1.29, 1.82) is 0 Å². The molecule has 7 rings (SSSR count). The van der Waals surface area contributed by atoms with Crippen LogP contribution in [-0.4, -0.2) is 33.1 Å². The van der Waals surface area contributed by atoms with Gasteiger partial charge in [0.15, 0.2) is 0 Å². The molecule has 1 aromatic heterocycles. The van der Waals surface area contributed by atoms with Gasteiger partial charge in [0.05, 0.1) is 0 Å². The molecule has 9 heteroatoms. The number of nitrogens with zero attached hydrogens (tertiary/aromatic N) is 6. The van der Waals surface area contributed by atoms with Crippen LogP contribution < -0.4 is 30.7 Å². The molecular weight excluding hydrogens is 811 g/mol. The number of hydrogen-bond acceptors (Lipinski definition) is 9. The lowest BCUT2D eigenvalue weighted by molar-refractivity contribution is 0.500. The van der Waals surface area contributed by atoms with Crippen LogP contribution in [0, 0.1) is 17.8 Å². The minimum atomic E-state index is 0.0656. The van der Waals surface area contributed by atoms with Gasteiger partial charge in [0.1, 0.15) is 0 Å². The Kier molecular flexibility index (Phi) is 16.0. The van der Waals surface area contributed by atoms with Crippen molar-refractivity contribution in [2.45, 2.75) is 99.7 Å². The van der Waals surface area contributed by atoms with Crippen LogP contribution in [0.15, 0.2) is 164 Å². The molecule has 0 aliphatic heterocycles. The Morgan fingerprint density at radius 1 is 0.303 bits per heavy atom. The van der Waals surface area contributed by atoms with Crippen LogP contribution in [0.3, 0.4) is 0 Å². The van der Waals surface area contributed by atoms with Gasteiger partial charge in [-0.3, -0.25) is 0 Å². The average molecular weight is 880 g/mol. The maximum Gasteiger partial charge on any atom is 0.236 e. The first-order valence-corrected chi connectivity index (χ1v) is 23.8. The van der Waals surface area contributed by atoms with Crippen molar-refractivity contribution in [3.05, 3.63) is 164 Å². The molecular formula is C57H69N9. The fourth-order valence-electron chi connectivity index (χ4n) is 8.91. The molecule has 0 radical (unpaired) electrons. The third-order valence-corrected chi connectivity index (χ3v) is 11.6. The lowest BCUT2D eigenvalue weighted by Gasteiger charge is -2.36. The highest BCUT2D eigenvalue weighted by atomic mass is 15.4. The topological polar surface area (TPSA) is 84.5 Å². The van der Waals surface area contributed by atoms with Crippen LogP contribution >= 0.6 is 0 Å². The van der Waals surface area contributed by atoms with Crippen LogP contribution in [0.5, 0.6) is 0 Å². The smallest absolute Gasteiger partial charge is 0.236 e. The van der Waals surface area contributed by atoms with E-state index >= 15 is 0 Å². The van der Waals surface area contributed by atoms with Crippen molar-refractivity contribution < 1.29 is 0 Å². The maximum atomic E-state index is 5.54. The van der Waals surface area contributed by atoms with Crippen molar-refractivity contribution in [2.24, 2.45) is 17.8 Å². The van der Waals surface area contributed by atoms with Gasteiger partial charge in [-0.15, -0.1) is 0 Å². The molecule has 6 aromatic carbocycles. The molecule has 0 saturated heterocycles. The van der Waals surface area contributed by atoms with Gasteiger partial charge < -0.3 is 30.7 Å². The Balaban J connectivity index is 1.39. The van der Waals surface area contributed by atoms with Crippen LogP contribution in [0.2, 0.25) is 0 Å². The standard InChI is InChI=1S/C57H69N9/c1-40(2)37-43(7)64(52-31-25-49(26-32-52)58-46-19-13-10-14-20-46)55-61-56(65(44(8)38-41(3)4)53-33-27-50(28-34-53)59-47-21-15-11-16-22-47)63-57(62-55)66(45(9)39-42(5)6)54-35-29-51(30-36-54)60-48-23-17-12-18-24-48/h10-36,40-45,58-60H,37-39H2,1-9H3. The number of anilines is 12. The van der Waals surface area contributed by atoms with Gasteiger partial charge in [-0.1, -0.05) is 96.1 Å². The summed E-state index contributed by atoms with van der Waals surface area (Å²) in [5.41, 5.74) is 9.20. The lowest BCUT2D eigenvalue weighted by atomic mass is 10.0. The second kappa shape index (κ2) is 22.4. The molecule has 7 aromatic rings. The molecule has 0 aliphatic carbocycles. The number of hydrogen-bond donors (Lipinski definition) is 3. The highest BCUT2D eigenvalue weighted by molar-refractivity contribution is 5.72. The summed E-state index contributed by atoms with van der Waals surface area (Å²) in [5.74, 6) is 3.16. The van der Waals surface area contributed by atoms with Crippen LogP contribution in [0.1, 0.15) is 81.6 Å². The lowest BCUT2D eigenvalue weighted by Crippen LogP contribution is -2.37. The molecule has 3 unspecified atom stereocenters. The summed E-state index contributed by atoms with van der Waals surface area (Å²) in [5, 5.41) is 10.7. The third kappa shape index (κ3) is 12.7. The number of nitrogens with one attached hydrogen (secondary N) is 3. The van der Waals surface area contributed by atoms with Gasteiger partial charge in [-0.2, -0.15) is 15.0 Å². The van der Waals surface area contributed by atoms with Crippen LogP contribution in [0.4, 0.5) is 69.0 Å². The zero-order chi connectivity index (χ0) is 46.6. The van der Waals surface area contributed by atoms with E-state index in [0.29, 0.717) is 35.6 Å². The first-order chi connectivity index (χ1) is 31.9. The van der Waals surface area contributed by atoms with E-state index in [9.17, 15) is 0 Å². The van der Waals surface area contributed by atoms with Crippen molar-refractivity contribution in [3.8, 4) is 0 Å². The molecule has 0 spiro atoms. The van der Waals surface area contributed by atoms with Crippen molar-refractivity contribution in [3.63, 3.8) is 0 Å². The Morgan fingerprint density at radius 3 is 0.727 bits per heavy atom. The molecule has 66 heavy (non-hydrogen) atoms. The second-order valence-corrected chi connectivity index (χ2v) is 18.9. The predicted molar refractivity (Wildman–Crippen MR) is 281 cm³/mol. The SMILES string of the molecule is CC(C)CC(C)N(c1ccc(Nc2ccccc2)cc1)c1nc(N(c2ccc(Nc3ccccc3)cc2)C(C)CC(C)C)nc(N(c2ccc(Nc3ccccc3)cc2)C(C)CC(C)C)n1. The van der Waals surface area contributed by atoms with Gasteiger partial charge in [0.25, 0.3) is 0 Å². The van der Waals surface area contributed by atoms with Crippen molar-refractivity contribution in [2.75, 3.05) is 30.7 Å². The van der Waals surface area contributed by atoms with Crippen molar-refractivity contribution in [1.82, 2.24) is 15.0 Å². The molecule has 0 fully saturated rings. The van der Waals surface area contributed by atoms with E-state index < -0.39 is 0 Å². The molecule has 0 bridgehead atoms. The Bertz CT molecular complexity index is 2220. The Labute approximate surface area is 394 Å². The van der Waals surface area contributed by atoms with Gasteiger partial charge in [-0.05, 0) is 167 Å². The zero-order valence-electron chi connectivity index (χ0n) is 40.4. The highest BCUT2D eigenvalue weighted by Gasteiger charge is 2.30. The van der Waals surface area contributed by atoms with Gasteiger partial charge in [-0.25, -0.2) is 0 Å². The molecule has 0 amide bonds. The maximum absolute atomic E-state index is 5.54. The third-order valence-electron chi connectivity index (χ3n) is 11.6. The first-order valence-electron chi connectivity index (χ1n) is 23.8. The molecule has 1 heterocycles. The number of para-hydroxylation sites is 3. The summed E-state index contributed by atoms with van der Waals surface area (Å²) in [7, 11) is 0. The molecule has 3 N–H and O–H groups in total. The van der Waals surface area contributed by atoms with E-state index in [1.165, 1.54) is 0 Å². The zero-order valence-corrected chi connectivity index (χ0v) is 40.4. The number of aromatic nitrogens is 3. The second-order valence-electron chi connectivity index (χ2n) is 18.9. The van der Waals surface area contributed by atoms with Crippen molar-refractivity contribution >= 4 is 69.0 Å². The van der Waals surface area contributed by atoms with E-state index in [1.54, 1.807) is 0 Å². The predicted octanol–water partition coefficient (Wildman–Crippen LogP) is 15.8. The summed E-state index contributed by atoms with van der Waals surface area (Å²) in [6.07, 6.45) is 2.81. The van der Waals surface area contributed by atoms with Gasteiger partial charge in [0, 0.05) is 69.3 Å². The molecule has 342 valence electrons. The van der Waals surface area contributed by atoms with Gasteiger partial charge in [0.2, 0.25) is 17.8 Å². The highest BCUT2D eigenvalue weighted by Crippen LogP contribution is 2.38. The number of rotatable bonds is 21. The normalized spacial score (nSPS) is 12.7. The molecule has 0 aliphatic rings. The summed E-state index contributed by atoms with van der Waals surface area (Å²) < 4.78 is 0. The summed E-state index contributed by atoms with van der Waals surface area (Å²) in [6, 6.07) is 57.0. The van der Waals surface area contributed by atoms with E-state index in [0.717, 1.165) is 70.4 Å². The Morgan fingerprint density at radius 2 is 0.515 bits per heavy atom. The summed E-state index contributed by atoms with van der Waals surface area (Å²) in [4.78, 5) is 23.6. The first kappa shape index (κ1) is 47.1. The monoisotopic (exact) mass is 880 g/mol. The van der Waals surface area contributed by atoms with E-state index in [2.05, 4.69) is 202 Å². The molecule has 9 nitrogen and oxygen atoms in total. The minimum absolute atomic E-state index is 0.0656. The quantitative estimate of drug-likeness (QED) is 0.0653. The molecule has 0 saturated carbocycles. The van der Waals surface area contributed by atoms with Crippen LogP contribution in [-0.2, 0) is 0 Å². The van der Waals surface area contributed by atoms with E-state index in [-0.39, 0.29) is 18.1 Å². The number of benzene rings is 6. The fourth-order valence-corrected chi connectivity index (χ4v) is 8.91. The van der Waals surface area contributed by atoms with Gasteiger partial charge >= 0.3 is 0 Å². The van der Waals surface area contributed by atoms with E-state index in [1.807, 2.05) is 54.6 Å². The Hall–Kier alpha value is -6.87. The largest absolute Gasteiger partial charge is 0.356 e. The minimum Gasteiger partial charge on any atom is -0.356 e. The summed E-state index contributed by atoms with van der Waals surface area (Å²) in [6.45, 7) is 20.5. The summed E-state index contributed by atoms with van der Waals surface area (Å²) >= 11 is 0. The molecule has 3 atom stereocenters.